The molecule has 0 spiro atoms. The number of nitrogens with one attached hydrogen (secondary N) is 2. The zero-order chi connectivity index (χ0) is 19.8. The molecule has 1 unspecified atom stereocenters. The summed E-state index contributed by atoms with van der Waals surface area (Å²) in [4.78, 5) is 0.475. The summed E-state index contributed by atoms with van der Waals surface area (Å²) in [6.07, 6.45) is -2.59. The maximum atomic E-state index is 12.9. The third kappa shape index (κ3) is 4.28. The molecular weight excluding hydrogens is 399 g/mol. The van der Waals surface area contributed by atoms with E-state index in [4.69, 9.17) is 0 Å². The van der Waals surface area contributed by atoms with Crippen LogP contribution >= 0.6 is 11.3 Å². The summed E-state index contributed by atoms with van der Waals surface area (Å²) in [6.45, 7) is 2.00. The Morgan fingerprint density at radius 1 is 1.19 bits per heavy atom. The maximum absolute atomic E-state index is 12.9. The van der Waals surface area contributed by atoms with E-state index in [9.17, 15) is 21.6 Å². The largest absolute Gasteiger partial charge is 0.432 e. The number of benzene rings is 1. The van der Waals surface area contributed by atoms with E-state index in [0.717, 1.165) is 34.4 Å². The van der Waals surface area contributed by atoms with Gasteiger partial charge in [0.15, 0.2) is 0 Å². The first-order chi connectivity index (χ1) is 12.6. The highest BCUT2D eigenvalue weighted by atomic mass is 32.2. The van der Waals surface area contributed by atoms with E-state index in [2.05, 4.69) is 10.1 Å². The first-order valence-electron chi connectivity index (χ1n) is 8.10. The molecule has 1 aliphatic rings. The number of thiophene rings is 1. The summed E-state index contributed by atoms with van der Waals surface area (Å²) < 4.78 is 66.4. The first-order valence-corrected chi connectivity index (χ1v) is 10.4. The second-order valence-corrected chi connectivity index (χ2v) is 9.05. The van der Waals surface area contributed by atoms with Crippen molar-refractivity contribution in [3.8, 4) is 0 Å². The number of alkyl halides is 3. The van der Waals surface area contributed by atoms with Gasteiger partial charge in [0.1, 0.15) is 9.91 Å². The second kappa shape index (κ2) is 7.17. The molecule has 0 amide bonds. The van der Waals surface area contributed by atoms with Crippen LogP contribution in [-0.2, 0) is 16.4 Å². The number of rotatable bonds is 5. The fraction of sp³-hybridized carbons (Fsp3) is 0.294. The molecule has 146 valence electrons. The maximum Gasteiger partial charge on any atom is 0.432 e. The minimum atomic E-state index is -4.48. The van der Waals surface area contributed by atoms with Crippen LogP contribution in [0.5, 0.6) is 0 Å². The summed E-state index contributed by atoms with van der Waals surface area (Å²) >= 11 is 0.927. The standard InChI is InChI=1S/C17H18F3N3O2S2/c1-3-11-4-6-12(7-5-11)22-27(24,25)16-9-8-14(26-16)13-10-15(17(18,19)20)23(2)21-13/h4-10,13,21-22H,3H2,1-2H3. The van der Waals surface area contributed by atoms with Crippen LogP contribution in [0.1, 0.15) is 23.4 Å². The van der Waals surface area contributed by atoms with Crippen molar-refractivity contribution >= 4 is 27.0 Å². The van der Waals surface area contributed by atoms with Crippen LogP contribution < -0.4 is 10.1 Å². The molecule has 0 radical (unpaired) electrons. The zero-order valence-corrected chi connectivity index (χ0v) is 16.2. The van der Waals surface area contributed by atoms with E-state index >= 15 is 0 Å². The number of aryl methyl sites for hydroxylation is 1. The number of sulfonamides is 1. The lowest BCUT2D eigenvalue weighted by Crippen LogP contribution is -2.34. The topological polar surface area (TPSA) is 61.4 Å². The number of hydrazine groups is 1. The number of anilines is 1. The molecule has 27 heavy (non-hydrogen) atoms. The second-order valence-electron chi connectivity index (χ2n) is 6.03. The molecule has 3 rings (SSSR count). The summed E-state index contributed by atoms with van der Waals surface area (Å²) in [6, 6.07) is 9.20. The van der Waals surface area contributed by atoms with Gasteiger partial charge >= 0.3 is 6.18 Å². The van der Waals surface area contributed by atoms with Crippen molar-refractivity contribution in [2.45, 2.75) is 29.8 Å². The normalized spacial score (nSPS) is 17.9. The highest BCUT2D eigenvalue weighted by Gasteiger charge is 2.41. The Kier molecular flexibility index (Phi) is 5.24. The molecular formula is C17H18F3N3O2S2. The zero-order valence-electron chi connectivity index (χ0n) is 14.5. The molecule has 10 heteroatoms. The van der Waals surface area contributed by atoms with Crippen molar-refractivity contribution in [2.24, 2.45) is 0 Å². The summed E-state index contributed by atoms with van der Waals surface area (Å²) in [5, 5.41) is 0.895. The summed E-state index contributed by atoms with van der Waals surface area (Å²) in [5.41, 5.74) is 3.38. The highest BCUT2D eigenvalue weighted by Crippen LogP contribution is 2.37. The van der Waals surface area contributed by atoms with Crippen molar-refractivity contribution in [1.82, 2.24) is 10.4 Å². The van der Waals surface area contributed by atoms with Crippen LogP contribution in [-0.4, -0.2) is 26.7 Å². The monoisotopic (exact) mass is 417 g/mol. The summed E-state index contributed by atoms with van der Waals surface area (Å²) in [5.74, 6) is 0. The molecule has 1 aromatic heterocycles. The van der Waals surface area contributed by atoms with Crippen LogP contribution in [0.3, 0.4) is 0 Å². The third-order valence-corrected chi connectivity index (χ3v) is 7.14. The number of halogens is 3. The number of allylic oxidation sites excluding steroid dienone is 1. The van der Waals surface area contributed by atoms with E-state index in [1.165, 1.54) is 19.2 Å². The van der Waals surface area contributed by atoms with Crippen LogP contribution in [0.4, 0.5) is 18.9 Å². The molecule has 0 saturated carbocycles. The van der Waals surface area contributed by atoms with Gasteiger partial charge in [0.2, 0.25) is 0 Å². The van der Waals surface area contributed by atoms with Gasteiger partial charge in [-0.3, -0.25) is 4.72 Å². The highest BCUT2D eigenvalue weighted by molar-refractivity contribution is 7.94. The fourth-order valence-corrected chi connectivity index (χ4v) is 5.07. The molecule has 2 heterocycles. The molecule has 0 bridgehead atoms. The quantitative estimate of drug-likeness (QED) is 0.771. The Morgan fingerprint density at radius 3 is 2.41 bits per heavy atom. The Morgan fingerprint density at radius 2 is 1.85 bits per heavy atom. The van der Waals surface area contributed by atoms with E-state index < -0.39 is 27.9 Å². The van der Waals surface area contributed by atoms with Crippen LogP contribution in [0, 0.1) is 0 Å². The van der Waals surface area contributed by atoms with Gasteiger partial charge < -0.3 is 5.01 Å². The van der Waals surface area contributed by atoms with Gasteiger partial charge in [-0.15, -0.1) is 11.3 Å². The smallest absolute Gasteiger partial charge is 0.307 e. The van der Waals surface area contributed by atoms with Gasteiger partial charge in [0, 0.05) is 17.6 Å². The molecule has 0 saturated heterocycles. The molecule has 1 aliphatic heterocycles. The van der Waals surface area contributed by atoms with Crippen LogP contribution in [0.25, 0.3) is 0 Å². The van der Waals surface area contributed by atoms with Crippen LogP contribution in [0.2, 0.25) is 0 Å². The number of hydrogen-bond donors (Lipinski definition) is 2. The molecule has 5 nitrogen and oxygen atoms in total. The Labute approximate surface area is 159 Å². The first kappa shape index (κ1) is 19.7. The van der Waals surface area contributed by atoms with Crippen molar-refractivity contribution in [2.75, 3.05) is 11.8 Å². The van der Waals surface area contributed by atoms with Crippen molar-refractivity contribution < 1.29 is 21.6 Å². The molecule has 2 N–H and O–H groups in total. The van der Waals surface area contributed by atoms with Gasteiger partial charge in [-0.2, -0.15) is 13.2 Å². The minimum absolute atomic E-state index is 0.0374. The lowest BCUT2D eigenvalue weighted by Gasteiger charge is -2.19. The lowest BCUT2D eigenvalue weighted by molar-refractivity contribution is -0.110. The van der Waals surface area contributed by atoms with E-state index in [1.807, 2.05) is 19.1 Å². The van der Waals surface area contributed by atoms with E-state index in [-0.39, 0.29) is 4.21 Å². The Hall–Kier alpha value is -2.04. The summed E-state index contributed by atoms with van der Waals surface area (Å²) in [7, 11) is -2.54. The van der Waals surface area contributed by atoms with E-state index in [1.54, 1.807) is 12.1 Å². The number of hydrogen-bond acceptors (Lipinski definition) is 5. The average molecular weight is 417 g/mol. The molecule has 0 fully saturated rings. The SMILES string of the molecule is CCc1ccc(NS(=O)(=O)c2ccc(C3C=C(C(F)(F)F)N(C)N3)s2)cc1. The van der Waals surface area contributed by atoms with Crippen LogP contribution in [0.15, 0.2) is 52.4 Å². The van der Waals surface area contributed by atoms with Gasteiger partial charge in [-0.05, 0) is 42.3 Å². The van der Waals surface area contributed by atoms with Crippen molar-refractivity contribution in [1.29, 1.82) is 0 Å². The Balaban J connectivity index is 1.79. The van der Waals surface area contributed by atoms with Crippen molar-refractivity contribution in [3.05, 3.63) is 58.6 Å². The minimum Gasteiger partial charge on any atom is -0.307 e. The fourth-order valence-electron chi connectivity index (χ4n) is 2.68. The molecule has 1 aromatic carbocycles. The Bertz CT molecular complexity index is 951. The molecule has 0 aliphatic carbocycles. The van der Waals surface area contributed by atoms with E-state index in [0.29, 0.717) is 10.6 Å². The molecule has 1 atom stereocenters. The predicted molar refractivity (Wildman–Crippen MR) is 98.7 cm³/mol. The average Bonchev–Trinajstić information content (AvgIpc) is 3.21. The lowest BCUT2D eigenvalue weighted by atomic mass is 10.2. The van der Waals surface area contributed by atoms with Gasteiger partial charge in [-0.1, -0.05) is 19.1 Å². The third-order valence-electron chi connectivity index (χ3n) is 4.10. The van der Waals surface area contributed by atoms with Gasteiger partial charge in [0.25, 0.3) is 10.0 Å². The predicted octanol–water partition coefficient (Wildman–Crippen LogP) is 4.05. The van der Waals surface area contributed by atoms with Gasteiger partial charge in [-0.25, -0.2) is 13.8 Å². The number of nitrogens with zero attached hydrogens (tertiary/aromatic N) is 1. The van der Waals surface area contributed by atoms with Crippen molar-refractivity contribution in [3.63, 3.8) is 0 Å². The van der Waals surface area contributed by atoms with Gasteiger partial charge in [0.05, 0.1) is 6.04 Å². The molecule has 2 aromatic rings.